The van der Waals surface area contributed by atoms with E-state index < -0.39 is 0 Å². The Balaban J connectivity index is 2.19. The van der Waals surface area contributed by atoms with Gasteiger partial charge in [-0.25, -0.2) is 0 Å². The van der Waals surface area contributed by atoms with Gasteiger partial charge in [-0.3, -0.25) is 4.79 Å². The van der Waals surface area contributed by atoms with E-state index in [1.54, 1.807) is 0 Å². The van der Waals surface area contributed by atoms with Crippen molar-refractivity contribution in [2.75, 3.05) is 11.1 Å². The smallest absolute Gasteiger partial charge is 0.224 e. The third kappa shape index (κ3) is 6.60. The molecule has 0 radical (unpaired) electrons. The number of carbonyl (C=O) groups is 1. The molecule has 0 aliphatic heterocycles. The fraction of sp³-hybridized carbons (Fsp3) is 0.588. The lowest BCUT2D eigenvalue weighted by atomic mass is 10.1. The van der Waals surface area contributed by atoms with E-state index in [2.05, 4.69) is 12.2 Å². The average Bonchev–Trinajstić information content (AvgIpc) is 2.42. The highest BCUT2D eigenvalue weighted by atomic mass is 16.1. The zero-order valence-corrected chi connectivity index (χ0v) is 12.9. The molecule has 0 atom stereocenters. The zero-order chi connectivity index (χ0) is 14.8. The molecule has 112 valence electrons. The third-order valence-electron chi connectivity index (χ3n) is 3.49. The van der Waals surface area contributed by atoms with Crippen LogP contribution in [0.2, 0.25) is 0 Å². The summed E-state index contributed by atoms with van der Waals surface area (Å²) in [4.78, 5) is 11.8. The van der Waals surface area contributed by atoms with Crippen LogP contribution in [0.25, 0.3) is 0 Å². The van der Waals surface area contributed by atoms with Crippen LogP contribution < -0.4 is 11.1 Å². The van der Waals surface area contributed by atoms with Crippen LogP contribution in [0.15, 0.2) is 18.2 Å². The normalized spacial score (nSPS) is 10.5. The van der Waals surface area contributed by atoms with Gasteiger partial charge in [0.2, 0.25) is 5.91 Å². The van der Waals surface area contributed by atoms with Crippen LogP contribution in [0.5, 0.6) is 0 Å². The van der Waals surface area contributed by atoms with Gasteiger partial charge in [0.15, 0.2) is 0 Å². The molecule has 3 N–H and O–H groups in total. The van der Waals surface area contributed by atoms with E-state index >= 15 is 0 Å². The van der Waals surface area contributed by atoms with Crippen LogP contribution in [0.4, 0.5) is 11.4 Å². The number of unbranched alkanes of at least 4 members (excludes halogenated alkanes) is 6. The Hall–Kier alpha value is -1.51. The fourth-order valence-corrected chi connectivity index (χ4v) is 2.23. The molecule has 1 aromatic carbocycles. The molecule has 0 heterocycles. The number of hydrogen-bond acceptors (Lipinski definition) is 2. The van der Waals surface area contributed by atoms with Gasteiger partial charge in [-0.1, -0.05) is 51.5 Å². The van der Waals surface area contributed by atoms with Gasteiger partial charge in [0.1, 0.15) is 0 Å². The van der Waals surface area contributed by atoms with Crippen molar-refractivity contribution in [2.45, 2.75) is 65.2 Å². The highest BCUT2D eigenvalue weighted by Gasteiger charge is 2.05. The van der Waals surface area contributed by atoms with Crippen LogP contribution in [0.1, 0.15) is 63.9 Å². The van der Waals surface area contributed by atoms with E-state index in [1.165, 1.54) is 32.1 Å². The number of rotatable bonds is 9. The lowest BCUT2D eigenvalue weighted by Crippen LogP contribution is -2.12. The molecule has 1 aromatic rings. The van der Waals surface area contributed by atoms with E-state index in [9.17, 15) is 4.79 Å². The average molecular weight is 276 g/mol. The van der Waals surface area contributed by atoms with Crippen LogP contribution >= 0.6 is 0 Å². The second-order valence-corrected chi connectivity index (χ2v) is 5.51. The summed E-state index contributed by atoms with van der Waals surface area (Å²) in [6.07, 6.45) is 9.14. The van der Waals surface area contributed by atoms with Gasteiger partial charge in [0.25, 0.3) is 0 Å². The second kappa shape index (κ2) is 9.40. The first-order chi connectivity index (χ1) is 9.63. The number of anilines is 2. The van der Waals surface area contributed by atoms with Gasteiger partial charge in [0, 0.05) is 6.42 Å². The largest absolute Gasteiger partial charge is 0.397 e. The molecule has 0 bridgehead atoms. The van der Waals surface area contributed by atoms with Gasteiger partial charge in [-0.15, -0.1) is 0 Å². The minimum Gasteiger partial charge on any atom is -0.397 e. The Bertz CT molecular complexity index is 415. The SMILES string of the molecule is CCCCCCCCCC(=O)Nc1cc(C)ccc1N. The van der Waals surface area contributed by atoms with Gasteiger partial charge in [-0.2, -0.15) is 0 Å². The number of aryl methyl sites for hydroxylation is 1. The summed E-state index contributed by atoms with van der Waals surface area (Å²) in [6, 6.07) is 5.69. The minimum atomic E-state index is 0.0656. The first kappa shape index (κ1) is 16.5. The summed E-state index contributed by atoms with van der Waals surface area (Å²) in [5.74, 6) is 0.0656. The molecule has 0 unspecified atom stereocenters. The molecular formula is C17H28N2O. The molecule has 0 saturated carbocycles. The van der Waals surface area contributed by atoms with Crippen LogP contribution in [0, 0.1) is 6.92 Å². The monoisotopic (exact) mass is 276 g/mol. The maximum atomic E-state index is 11.8. The molecule has 1 rings (SSSR count). The van der Waals surface area contributed by atoms with Crippen LogP contribution in [0.3, 0.4) is 0 Å². The maximum absolute atomic E-state index is 11.8. The summed E-state index contributed by atoms with van der Waals surface area (Å²) in [5.41, 5.74) is 8.31. The highest BCUT2D eigenvalue weighted by Crippen LogP contribution is 2.20. The van der Waals surface area contributed by atoms with E-state index in [1.807, 2.05) is 25.1 Å². The van der Waals surface area contributed by atoms with Gasteiger partial charge >= 0.3 is 0 Å². The Morgan fingerprint density at radius 1 is 1.10 bits per heavy atom. The topological polar surface area (TPSA) is 55.1 Å². The summed E-state index contributed by atoms with van der Waals surface area (Å²) in [7, 11) is 0. The minimum absolute atomic E-state index is 0.0656. The predicted molar refractivity (Wildman–Crippen MR) is 86.8 cm³/mol. The van der Waals surface area contributed by atoms with Gasteiger partial charge in [-0.05, 0) is 31.0 Å². The number of hydrogen-bond donors (Lipinski definition) is 2. The molecule has 0 aliphatic carbocycles. The Labute approximate surface area is 122 Å². The Kier molecular flexibility index (Phi) is 7.78. The molecule has 3 heteroatoms. The molecule has 0 aromatic heterocycles. The molecule has 0 saturated heterocycles. The summed E-state index contributed by atoms with van der Waals surface area (Å²) in [6.45, 7) is 4.22. The number of carbonyl (C=O) groups excluding carboxylic acids is 1. The molecule has 20 heavy (non-hydrogen) atoms. The van der Waals surface area contributed by atoms with Crippen molar-refractivity contribution in [1.82, 2.24) is 0 Å². The van der Waals surface area contributed by atoms with E-state index in [0.717, 1.165) is 24.1 Å². The lowest BCUT2D eigenvalue weighted by molar-refractivity contribution is -0.116. The van der Waals surface area contributed by atoms with Crippen molar-refractivity contribution in [3.05, 3.63) is 23.8 Å². The zero-order valence-electron chi connectivity index (χ0n) is 12.9. The number of nitrogen functional groups attached to an aromatic ring is 1. The van der Waals surface area contributed by atoms with E-state index in [-0.39, 0.29) is 5.91 Å². The van der Waals surface area contributed by atoms with Crippen molar-refractivity contribution < 1.29 is 4.79 Å². The Morgan fingerprint density at radius 2 is 1.75 bits per heavy atom. The number of nitrogens with two attached hydrogens (primary N) is 1. The summed E-state index contributed by atoms with van der Waals surface area (Å²) >= 11 is 0. The first-order valence-corrected chi connectivity index (χ1v) is 7.79. The number of benzene rings is 1. The molecule has 0 aliphatic rings. The van der Waals surface area contributed by atoms with Gasteiger partial charge in [0.05, 0.1) is 11.4 Å². The first-order valence-electron chi connectivity index (χ1n) is 7.79. The molecular weight excluding hydrogens is 248 g/mol. The van der Waals surface area contributed by atoms with Crippen molar-refractivity contribution in [3.63, 3.8) is 0 Å². The van der Waals surface area contributed by atoms with E-state index in [4.69, 9.17) is 5.73 Å². The number of amides is 1. The molecule has 3 nitrogen and oxygen atoms in total. The number of nitrogens with one attached hydrogen (secondary N) is 1. The van der Waals surface area contributed by atoms with Crippen molar-refractivity contribution in [2.24, 2.45) is 0 Å². The Morgan fingerprint density at radius 3 is 2.45 bits per heavy atom. The molecule has 0 fully saturated rings. The fourth-order valence-electron chi connectivity index (χ4n) is 2.23. The van der Waals surface area contributed by atoms with Crippen molar-refractivity contribution in [3.8, 4) is 0 Å². The summed E-state index contributed by atoms with van der Waals surface area (Å²) < 4.78 is 0. The van der Waals surface area contributed by atoms with E-state index in [0.29, 0.717) is 12.1 Å². The maximum Gasteiger partial charge on any atom is 0.224 e. The van der Waals surface area contributed by atoms with Crippen LogP contribution in [-0.4, -0.2) is 5.91 Å². The predicted octanol–water partition coefficient (Wildman–Crippen LogP) is 4.66. The lowest BCUT2D eigenvalue weighted by Gasteiger charge is -2.09. The third-order valence-corrected chi connectivity index (χ3v) is 3.49. The molecule has 0 spiro atoms. The highest BCUT2D eigenvalue weighted by molar-refractivity contribution is 5.93. The van der Waals surface area contributed by atoms with Crippen LogP contribution in [-0.2, 0) is 4.79 Å². The molecule has 1 amide bonds. The second-order valence-electron chi connectivity index (χ2n) is 5.51. The quantitative estimate of drug-likeness (QED) is 0.509. The van der Waals surface area contributed by atoms with Crippen molar-refractivity contribution >= 4 is 17.3 Å². The van der Waals surface area contributed by atoms with Crippen molar-refractivity contribution in [1.29, 1.82) is 0 Å². The standard InChI is InChI=1S/C17H28N2O/c1-3-4-5-6-7-8-9-10-17(20)19-16-13-14(2)11-12-15(16)18/h11-13H,3-10,18H2,1-2H3,(H,19,20). The van der Waals surface area contributed by atoms with Gasteiger partial charge < -0.3 is 11.1 Å². The summed E-state index contributed by atoms with van der Waals surface area (Å²) in [5, 5.41) is 2.90.